The van der Waals surface area contributed by atoms with Gasteiger partial charge >= 0.3 is 0 Å². The Labute approximate surface area is 152 Å². The molecule has 0 saturated heterocycles. The smallest absolute Gasteiger partial charge is 0.255 e. The molecule has 1 aliphatic rings. The Morgan fingerprint density at radius 2 is 1.96 bits per heavy atom. The lowest BCUT2D eigenvalue weighted by atomic mass is 10.0. The summed E-state index contributed by atoms with van der Waals surface area (Å²) in [5.41, 5.74) is 1.16. The molecule has 0 unspecified atom stereocenters. The first-order chi connectivity index (χ1) is 13.0. The number of aromatic nitrogens is 3. The maximum atomic E-state index is 13.9. The van der Waals surface area contributed by atoms with E-state index in [1.807, 2.05) is 0 Å². The molecule has 1 aromatic carbocycles. The molecule has 0 atom stereocenters. The Morgan fingerprint density at radius 1 is 1.15 bits per heavy atom. The van der Waals surface area contributed by atoms with Crippen LogP contribution in [0.3, 0.4) is 0 Å². The lowest BCUT2D eigenvalue weighted by Crippen LogP contribution is -2.36. The summed E-state index contributed by atoms with van der Waals surface area (Å²) in [5, 5.41) is 0. The normalized spacial score (nSPS) is 14.2. The molecule has 0 amide bonds. The third-order valence-corrected chi connectivity index (χ3v) is 4.60. The van der Waals surface area contributed by atoms with Gasteiger partial charge in [-0.05, 0) is 24.3 Å². The number of hydrogen-bond donors (Lipinski definition) is 1. The van der Waals surface area contributed by atoms with Gasteiger partial charge in [0.05, 0.1) is 11.3 Å². The summed E-state index contributed by atoms with van der Waals surface area (Å²) in [7, 11) is 0. The number of pyridine rings is 1. The van der Waals surface area contributed by atoms with Gasteiger partial charge in [-0.15, -0.1) is 0 Å². The molecule has 3 aromatic rings. The first-order valence-electron chi connectivity index (χ1n) is 8.40. The van der Waals surface area contributed by atoms with E-state index in [0.29, 0.717) is 35.6 Å². The van der Waals surface area contributed by atoms with Gasteiger partial charge in [0.1, 0.15) is 11.6 Å². The van der Waals surface area contributed by atoms with Crippen LogP contribution in [0, 0.1) is 17.5 Å². The number of rotatable bonds is 3. The number of nitrogens with zero attached hydrogens (tertiary/aromatic N) is 3. The van der Waals surface area contributed by atoms with Crippen LogP contribution in [0.25, 0.3) is 11.4 Å². The van der Waals surface area contributed by atoms with E-state index in [1.54, 1.807) is 29.4 Å². The molecule has 2 aromatic heterocycles. The third-order valence-electron chi connectivity index (χ3n) is 4.60. The van der Waals surface area contributed by atoms with E-state index in [0.717, 1.165) is 12.1 Å². The SMILES string of the molecule is O=c1[nH]c(-c2cccnc2)nc2c1CN(Cc1c(F)ccc(F)c1F)CC2. The van der Waals surface area contributed by atoms with Crippen molar-refractivity contribution in [3.05, 3.63) is 81.3 Å². The first kappa shape index (κ1) is 17.4. The summed E-state index contributed by atoms with van der Waals surface area (Å²) in [6.07, 6.45) is 3.68. The summed E-state index contributed by atoms with van der Waals surface area (Å²) >= 11 is 0. The second-order valence-electron chi connectivity index (χ2n) is 6.36. The van der Waals surface area contributed by atoms with Gasteiger partial charge in [-0.3, -0.25) is 14.7 Å². The zero-order valence-electron chi connectivity index (χ0n) is 14.2. The van der Waals surface area contributed by atoms with Crippen LogP contribution >= 0.6 is 0 Å². The predicted octanol–water partition coefficient (Wildman–Crippen LogP) is 2.81. The molecule has 0 radical (unpaired) electrons. The van der Waals surface area contributed by atoms with Crippen LogP contribution in [0.4, 0.5) is 13.2 Å². The van der Waals surface area contributed by atoms with Gasteiger partial charge in [0.15, 0.2) is 11.6 Å². The Hall–Kier alpha value is -3.00. The zero-order valence-corrected chi connectivity index (χ0v) is 14.2. The van der Waals surface area contributed by atoms with Crippen LogP contribution in [0.5, 0.6) is 0 Å². The van der Waals surface area contributed by atoms with Gasteiger partial charge in [0.2, 0.25) is 0 Å². The summed E-state index contributed by atoms with van der Waals surface area (Å²) in [6, 6.07) is 5.20. The van der Waals surface area contributed by atoms with Crippen molar-refractivity contribution in [1.29, 1.82) is 0 Å². The lowest BCUT2D eigenvalue weighted by Gasteiger charge is -2.28. The van der Waals surface area contributed by atoms with E-state index >= 15 is 0 Å². The standard InChI is InChI=1S/C19H15F3N4O/c20-14-3-4-15(21)17(22)12(14)9-26-7-5-16-13(10-26)19(27)25-18(24-16)11-2-1-6-23-8-11/h1-4,6,8H,5,7,9-10H2,(H,24,25,27). The molecule has 1 aliphatic heterocycles. The van der Waals surface area contributed by atoms with Gasteiger partial charge < -0.3 is 4.98 Å². The number of hydrogen-bond acceptors (Lipinski definition) is 4. The highest BCUT2D eigenvalue weighted by Gasteiger charge is 2.24. The van der Waals surface area contributed by atoms with Gasteiger partial charge in [0, 0.05) is 49.6 Å². The van der Waals surface area contributed by atoms with Gasteiger partial charge in [-0.25, -0.2) is 18.2 Å². The number of benzene rings is 1. The summed E-state index contributed by atoms with van der Waals surface area (Å²) < 4.78 is 41.2. The summed E-state index contributed by atoms with van der Waals surface area (Å²) in [5.74, 6) is -2.66. The van der Waals surface area contributed by atoms with E-state index in [9.17, 15) is 18.0 Å². The Kier molecular flexibility index (Phi) is 4.49. The van der Waals surface area contributed by atoms with Crippen LogP contribution in [0.2, 0.25) is 0 Å². The number of halogens is 3. The van der Waals surface area contributed by atoms with Crippen LogP contribution < -0.4 is 5.56 Å². The average Bonchev–Trinajstić information content (AvgIpc) is 2.69. The fraction of sp³-hybridized carbons (Fsp3) is 0.211. The highest BCUT2D eigenvalue weighted by Crippen LogP contribution is 2.22. The number of fused-ring (bicyclic) bond motifs is 1. The summed E-state index contributed by atoms with van der Waals surface area (Å²) in [4.78, 5) is 25.4. The second-order valence-corrected chi connectivity index (χ2v) is 6.36. The van der Waals surface area contributed by atoms with Gasteiger partial charge in [0.25, 0.3) is 5.56 Å². The highest BCUT2D eigenvalue weighted by molar-refractivity contribution is 5.53. The maximum Gasteiger partial charge on any atom is 0.255 e. The van der Waals surface area contributed by atoms with E-state index in [2.05, 4.69) is 15.0 Å². The van der Waals surface area contributed by atoms with Crippen molar-refractivity contribution in [2.45, 2.75) is 19.5 Å². The number of aromatic amines is 1. The first-order valence-corrected chi connectivity index (χ1v) is 8.40. The van der Waals surface area contributed by atoms with Crippen molar-refractivity contribution in [3.63, 3.8) is 0 Å². The highest BCUT2D eigenvalue weighted by atomic mass is 19.2. The Bertz CT molecular complexity index is 1050. The average molecular weight is 372 g/mol. The molecule has 4 rings (SSSR count). The quantitative estimate of drug-likeness (QED) is 0.719. The molecule has 0 saturated carbocycles. The fourth-order valence-electron chi connectivity index (χ4n) is 3.19. The minimum absolute atomic E-state index is 0.126. The fourth-order valence-corrected chi connectivity index (χ4v) is 3.19. The molecular weight excluding hydrogens is 357 g/mol. The molecule has 0 fully saturated rings. The molecule has 8 heteroatoms. The number of nitrogens with one attached hydrogen (secondary N) is 1. The zero-order chi connectivity index (χ0) is 19.0. The molecule has 0 aliphatic carbocycles. The van der Waals surface area contributed by atoms with Crippen molar-refractivity contribution in [2.75, 3.05) is 6.54 Å². The van der Waals surface area contributed by atoms with Gasteiger partial charge in [-0.2, -0.15) is 0 Å². The molecule has 1 N–H and O–H groups in total. The molecule has 3 heterocycles. The lowest BCUT2D eigenvalue weighted by molar-refractivity contribution is 0.233. The van der Waals surface area contributed by atoms with Crippen LogP contribution in [-0.4, -0.2) is 26.4 Å². The monoisotopic (exact) mass is 372 g/mol. The van der Waals surface area contributed by atoms with E-state index < -0.39 is 17.5 Å². The van der Waals surface area contributed by atoms with E-state index in [1.165, 1.54) is 0 Å². The molecule has 138 valence electrons. The van der Waals surface area contributed by atoms with Crippen molar-refractivity contribution in [3.8, 4) is 11.4 Å². The summed E-state index contributed by atoms with van der Waals surface area (Å²) in [6.45, 7) is 0.504. The van der Waals surface area contributed by atoms with Crippen LogP contribution in [-0.2, 0) is 19.5 Å². The second kappa shape index (κ2) is 6.96. The maximum absolute atomic E-state index is 13.9. The van der Waals surface area contributed by atoms with E-state index in [-0.39, 0.29) is 24.2 Å². The Balaban J connectivity index is 1.61. The number of H-pyrrole nitrogens is 1. The molecule has 27 heavy (non-hydrogen) atoms. The largest absolute Gasteiger partial charge is 0.306 e. The molecule has 0 spiro atoms. The minimum Gasteiger partial charge on any atom is -0.306 e. The van der Waals surface area contributed by atoms with Crippen molar-refractivity contribution in [2.24, 2.45) is 0 Å². The topological polar surface area (TPSA) is 61.9 Å². The molecule has 5 nitrogen and oxygen atoms in total. The minimum atomic E-state index is -1.19. The van der Waals surface area contributed by atoms with Crippen molar-refractivity contribution >= 4 is 0 Å². The molecular formula is C19H15F3N4O. The van der Waals surface area contributed by atoms with E-state index in [4.69, 9.17) is 0 Å². The predicted molar refractivity (Wildman–Crippen MR) is 92.2 cm³/mol. The van der Waals surface area contributed by atoms with Crippen molar-refractivity contribution in [1.82, 2.24) is 19.9 Å². The van der Waals surface area contributed by atoms with Crippen LogP contribution in [0.15, 0.2) is 41.5 Å². The van der Waals surface area contributed by atoms with Crippen molar-refractivity contribution < 1.29 is 13.2 Å². The Morgan fingerprint density at radius 3 is 2.74 bits per heavy atom. The van der Waals surface area contributed by atoms with Crippen LogP contribution in [0.1, 0.15) is 16.8 Å². The van der Waals surface area contributed by atoms with Gasteiger partial charge in [-0.1, -0.05) is 0 Å². The molecule has 0 bridgehead atoms. The third kappa shape index (κ3) is 3.35.